The molecule has 3 nitrogen and oxygen atoms in total. The highest BCUT2D eigenvalue weighted by atomic mass is 19.1. The van der Waals surface area contributed by atoms with Crippen LogP contribution in [-0.2, 0) is 4.79 Å². The van der Waals surface area contributed by atoms with Crippen LogP contribution in [0.2, 0.25) is 0 Å². The van der Waals surface area contributed by atoms with Crippen LogP contribution in [0.25, 0.3) is 0 Å². The van der Waals surface area contributed by atoms with E-state index in [0.717, 1.165) is 12.1 Å². The smallest absolute Gasteiger partial charge is 0.228 e. The molecule has 0 aromatic heterocycles. The quantitative estimate of drug-likeness (QED) is 0.850. The van der Waals surface area contributed by atoms with Gasteiger partial charge in [-0.3, -0.25) is 4.79 Å². The predicted molar refractivity (Wildman–Crippen MR) is 62.6 cm³/mol. The van der Waals surface area contributed by atoms with Gasteiger partial charge in [0.25, 0.3) is 0 Å². The largest absolute Gasteiger partial charge is 0.330 e. The first-order valence-electron chi connectivity index (χ1n) is 5.46. The third kappa shape index (κ3) is 3.23. The third-order valence-electron chi connectivity index (χ3n) is 2.65. The summed E-state index contributed by atoms with van der Waals surface area (Å²) in [5.74, 6) is -1.98. The lowest BCUT2D eigenvalue weighted by Gasteiger charge is -2.13. The summed E-state index contributed by atoms with van der Waals surface area (Å²) >= 11 is 0. The average Bonchev–Trinajstić information content (AvgIpc) is 2.27. The second kappa shape index (κ2) is 5.72. The molecule has 0 bridgehead atoms. The first-order chi connectivity index (χ1) is 7.99. The Labute approximate surface area is 99.0 Å². The number of aryl methyl sites for hydroxylation is 1. The number of halogens is 2. The van der Waals surface area contributed by atoms with Gasteiger partial charge in [-0.05, 0) is 25.0 Å². The van der Waals surface area contributed by atoms with Crippen molar-refractivity contribution in [3.05, 3.63) is 29.3 Å². The Balaban J connectivity index is 2.88. The predicted octanol–water partition coefficient (Wildman–Crippen LogP) is 2.20. The maximum atomic E-state index is 13.4. The van der Waals surface area contributed by atoms with Crippen LogP contribution in [0, 0.1) is 24.5 Å². The second-order valence-electron chi connectivity index (χ2n) is 3.91. The Kier molecular flexibility index (Phi) is 4.57. The van der Waals surface area contributed by atoms with Crippen LogP contribution in [0.15, 0.2) is 12.1 Å². The molecular weight excluding hydrogens is 226 g/mol. The van der Waals surface area contributed by atoms with Crippen molar-refractivity contribution in [2.45, 2.75) is 20.3 Å². The Bertz CT molecular complexity index is 417. The lowest BCUT2D eigenvalue weighted by atomic mass is 10.1. The molecule has 0 aliphatic carbocycles. The number of hydrogen-bond acceptors (Lipinski definition) is 2. The summed E-state index contributed by atoms with van der Waals surface area (Å²) in [6.07, 6.45) is 0.554. The zero-order valence-corrected chi connectivity index (χ0v) is 9.89. The summed E-state index contributed by atoms with van der Waals surface area (Å²) in [4.78, 5) is 11.6. The first kappa shape index (κ1) is 13.6. The summed E-state index contributed by atoms with van der Waals surface area (Å²) in [5.41, 5.74) is 5.45. The minimum absolute atomic E-state index is 0.148. The van der Waals surface area contributed by atoms with Gasteiger partial charge in [0.1, 0.15) is 11.6 Å². The standard InChI is InChI=1S/C12H16F2N2O/c1-3-8(6-15)12(17)16-11-5-9(13)7(2)4-10(11)14/h4-5,8H,3,6,15H2,1-2H3,(H,16,17). The fourth-order valence-corrected chi connectivity index (χ4v) is 1.44. The zero-order chi connectivity index (χ0) is 13.0. The normalized spacial score (nSPS) is 12.3. The summed E-state index contributed by atoms with van der Waals surface area (Å²) in [5, 5.41) is 2.35. The summed E-state index contributed by atoms with van der Waals surface area (Å²) in [6.45, 7) is 3.44. The molecule has 94 valence electrons. The topological polar surface area (TPSA) is 55.1 Å². The van der Waals surface area contributed by atoms with Crippen molar-refractivity contribution in [3.63, 3.8) is 0 Å². The summed E-state index contributed by atoms with van der Waals surface area (Å²) in [6, 6.07) is 2.03. The van der Waals surface area contributed by atoms with Gasteiger partial charge in [-0.1, -0.05) is 6.92 Å². The van der Waals surface area contributed by atoms with Gasteiger partial charge in [-0.2, -0.15) is 0 Å². The zero-order valence-electron chi connectivity index (χ0n) is 9.89. The van der Waals surface area contributed by atoms with Gasteiger partial charge in [0, 0.05) is 12.6 Å². The van der Waals surface area contributed by atoms with E-state index in [-0.39, 0.29) is 17.8 Å². The van der Waals surface area contributed by atoms with Gasteiger partial charge in [0.2, 0.25) is 5.91 Å². The number of amides is 1. The Morgan fingerprint density at radius 1 is 1.41 bits per heavy atom. The molecule has 1 rings (SSSR count). The van der Waals surface area contributed by atoms with Crippen molar-refractivity contribution in [1.29, 1.82) is 0 Å². The maximum absolute atomic E-state index is 13.4. The van der Waals surface area contributed by atoms with E-state index in [1.54, 1.807) is 0 Å². The Hall–Kier alpha value is -1.49. The average molecular weight is 242 g/mol. The number of rotatable bonds is 4. The van der Waals surface area contributed by atoms with Crippen LogP contribution < -0.4 is 11.1 Å². The van der Waals surface area contributed by atoms with Crippen LogP contribution in [0.3, 0.4) is 0 Å². The fraction of sp³-hybridized carbons (Fsp3) is 0.417. The number of carbonyl (C=O) groups excluding carboxylic acids is 1. The van der Waals surface area contributed by atoms with E-state index in [2.05, 4.69) is 5.32 Å². The molecule has 17 heavy (non-hydrogen) atoms. The van der Waals surface area contributed by atoms with Crippen molar-refractivity contribution in [3.8, 4) is 0 Å². The number of hydrogen-bond donors (Lipinski definition) is 2. The lowest BCUT2D eigenvalue weighted by molar-refractivity contribution is -0.119. The highest BCUT2D eigenvalue weighted by molar-refractivity contribution is 5.92. The number of nitrogens with one attached hydrogen (secondary N) is 1. The molecule has 5 heteroatoms. The van der Waals surface area contributed by atoms with Crippen LogP contribution >= 0.6 is 0 Å². The molecule has 1 amide bonds. The molecule has 1 aromatic carbocycles. The number of anilines is 1. The molecule has 0 saturated heterocycles. The van der Waals surface area contributed by atoms with E-state index in [4.69, 9.17) is 5.73 Å². The maximum Gasteiger partial charge on any atom is 0.228 e. The van der Waals surface area contributed by atoms with E-state index in [0.29, 0.717) is 6.42 Å². The number of carbonyl (C=O) groups is 1. The third-order valence-corrected chi connectivity index (χ3v) is 2.65. The van der Waals surface area contributed by atoms with Crippen molar-refractivity contribution in [1.82, 2.24) is 0 Å². The summed E-state index contributed by atoms with van der Waals surface area (Å²) in [7, 11) is 0. The molecule has 3 N–H and O–H groups in total. The van der Waals surface area contributed by atoms with Gasteiger partial charge in [-0.15, -0.1) is 0 Å². The van der Waals surface area contributed by atoms with Crippen molar-refractivity contribution >= 4 is 11.6 Å². The van der Waals surface area contributed by atoms with E-state index in [1.807, 2.05) is 6.92 Å². The fourth-order valence-electron chi connectivity index (χ4n) is 1.44. The van der Waals surface area contributed by atoms with Crippen molar-refractivity contribution in [2.24, 2.45) is 11.7 Å². The van der Waals surface area contributed by atoms with E-state index < -0.39 is 23.5 Å². The van der Waals surface area contributed by atoms with E-state index in [9.17, 15) is 13.6 Å². The van der Waals surface area contributed by atoms with Gasteiger partial charge in [-0.25, -0.2) is 8.78 Å². The van der Waals surface area contributed by atoms with Gasteiger partial charge in [0.15, 0.2) is 0 Å². The molecule has 0 radical (unpaired) electrons. The molecule has 0 fully saturated rings. The molecule has 0 aliphatic rings. The van der Waals surface area contributed by atoms with Crippen LogP contribution in [-0.4, -0.2) is 12.5 Å². The molecule has 0 spiro atoms. The van der Waals surface area contributed by atoms with Crippen molar-refractivity contribution < 1.29 is 13.6 Å². The molecule has 1 atom stereocenters. The monoisotopic (exact) mass is 242 g/mol. The van der Waals surface area contributed by atoms with E-state index in [1.165, 1.54) is 6.92 Å². The lowest BCUT2D eigenvalue weighted by Crippen LogP contribution is -2.29. The molecule has 0 aliphatic heterocycles. The number of nitrogens with two attached hydrogens (primary N) is 1. The molecular formula is C12H16F2N2O. The Morgan fingerprint density at radius 2 is 2.06 bits per heavy atom. The SMILES string of the molecule is CCC(CN)C(=O)Nc1cc(F)c(C)cc1F. The molecule has 1 aromatic rings. The number of benzene rings is 1. The van der Waals surface area contributed by atoms with Crippen molar-refractivity contribution in [2.75, 3.05) is 11.9 Å². The van der Waals surface area contributed by atoms with Crippen LogP contribution in [0.1, 0.15) is 18.9 Å². The molecule has 0 heterocycles. The highest BCUT2D eigenvalue weighted by Gasteiger charge is 2.17. The van der Waals surface area contributed by atoms with Crippen LogP contribution in [0.4, 0.5) is 14.5 Å². The molecule has 0 saturated carbocycles. The minimum atomic E-state index is -0.649. The Morgan fingerprint density at radius 3 is 2.59 bits per heavy atom. The first-order valence-corrected chi connectivity index (χ1v) is 5.46. The highest BCUT2D eigenvalue weighted by Crippen LogP contribution is 2.19. The second-order valence-corrected chi connectivity index (χ2v) is 3.91. The summed E-state index contributed by atoms with van der Waals surface area (Å²) < 4.78 is 26.7. The molecule has 1 unspecified atom stereocenters. The van der Waals surface area contributed by atoms with E-state index >= 15 is 0 Å². The minimum Gasteiger partial charge on any atom is -0.330 e. The van der Waals surface area contributed by atoms with Gasteiger partial charge >= 0.3 is 0 Å². The van der Waals surface area contributed by atoms with Gasteiger partial charge < -0.3 is 11.1 Å². The van der Waals surface area contributed by atoms with Crippen LogP contribution in [0.5, 0.6) is 0 Å². The van der Waals surface area contributed by atoms with Gasteiger partial charge in [0.05, 0.1) is 11.6 Å².